The zero-order chi connectivity index (χ0) is 19.8. The molecule has 0 aliphatic carbocycles. The maximum Gasteiger partial charge on any atom is 0.255 e. The van der Waals surface area contributed by atoms with E-state index in [4.69, 9.17) is 4.74 Å². The summed E-state index contributed by atoms with van der Waals surface area (Å²) >= 11 is 0. The number of ether oxygens (including phenoxy) is 1. The second-order valence-corrected chi connectivity index (χ2v) is 7.58. The number of para-hydroxylation sites is 1. The summed E-state index contributed by atoms with van der Waals surface area (Å²) < 4.78 is 5.83. The Kier molecular flexibility index (Phi) is 7.49. The van der Waals surface area contributed by atoms with Gasteiger partial charge in [0.25, 0.3) is 5.91 Å². The molecule has 150 valence electrons. The predicted molar refractivity (Wildman–Crippen MR) is 114 cm³/mol. The molecule has 0 bridgehead atoms. The molecule has 1 atom stereocenters. The minimum atomic E-state index is -0.0663. The van der Waals surface area contributed by atoms with Gasteiger partial charge in [-0.05, 0) is 57.0 Å². The van der Waals surface area contributed by atoms with Gasteiger partial charge < -0.3 is 10.1 Å². The van der Waals surface area contributed by atoms with E-state index in [1.807, 2.05) is 24.3 Å². The van der Waals surface area contributed by atoms with E-state index in [0.717, 1.165) is 25.9 Å². The fraction of sp³-hybridized carbons (Fsp3) is 0.458. The Morgan fingerprint density at radius 3 is 2.54 bits per heavy atom. The Morgan fingerprint density at radius 2 is 1.82 bits per heavy atom. The zero-order valence-electron chi connectivity index (χ0n) is 17.1. The van der Waals surface area contributed by atoms with E-state index in [-0.39, 0.29) is 11.9 Å². The van der Waals surface area contributed by atoms with Crippen molar-refractivity contribution in [2.75, 3.05) is 26.2 Å². The Labute approximate surface area is 168 Å². The summed E-state index contributed by atoms with van der Waals surface area (Å²) in [5.41, 5.74) is 3.13. The lowest BCUT2D eigenvalue weighted by atomic mass is 10.0. The average molecular weight is 381 g/mol. The van der Waals surface area contributed by atoms with Crippen LogP contribution in [-0.2, 0) is 0 Å². The van der Waals surface area contributed by atoms with Gasteiger partial charge in [-0.2, -0.15) is 0 Å². The summed E-state index contributed by atoms with van der Waals surface area (Å²) in [6.45, 7) is 7.65. The molecule has 28 heavy (non-hydrogen) atoms. The van der Waals surface area contributed by atoms with Crippen LogP contribution in [0.4, 0.5) is 0 Å². The number of nitrogens with zero attached hydrogens (tertiary/aromatic N) is 1. The van der Waals surface area contributed by atoms with Crippen molar-refractivity contribution in [3.8, 4) is 5.75 Å². The molecule has 1 aliphatic rings. The molecule has 2 aromatic carbocycles. The summed E-state index contributed by atoms with van der Waals surface area (Å²) in [5, 5.41) is 3.16. The molecule has 1 fully saturated rings. The van der Waals surface area contributed by atoms with Crippen molar-refractivity contribution in [2.45, 2.75) is 45.6 Å². The summed E-state index contributed by atoms with van der Waals surface area (Å²) in [6, 6.07) is 16.4. The smallest absolute Gasteiger partial charge is 0.255 e. The highest BCUT2D eigenvalue weighted by molar-refractivity contribution is 5.96. The van der Waals surface area contributed by atoms with Gasteiger partial charge in [-0.3, -0.25) is 9.69 Å². The Morgan fingerprint density at radius 1 is 1.11 bits per heavy atom. The van der Waals surface area contributed by atoms with Crippen LogP contribution in [0.5, 0.6) is 5.75 Å². The van der Waals surface area contributed by atoms with Crippen molar-refractivity contribution >= 4 is 5.91 Å². The van der Waals surface area contributed by atoms with Crippen molar-refractivity contribution < 1.29 is 9.53 Å². The van der Waals surface area contributed by atoms with E-state index in [2.05, 4.69) is 48.3 Å². The third kappa shape index (κ3) is 5.35. The van der Waals surface area contributed by atoms with Gasteiger partial charge in [0.05, 0.1) is 18.2 Å². The number of hydrogen-bond donors (Lipinski definition) is 1. The molecular formula is C24H32N2O2. The van der Waals surface area contributed by atoms with Crippen LogP contribution in [0.1, 0.15) is 60.1 Å². The minimum Gasteiger partial charge on any atom is -0.493 e. The van der Waals surface area contributed by atoms with Crippen molar-refractivity contribution in [1.82, 2.24) is 10.2 Å². The van der Waals surface area contributed by atoms with Gasteiger partial charge in [0.1, 0.15) is 5.75 Å². The van der Waals surface area contributed by atoms with Crippen molar-refractivity contribution in [3.63, 3.8) is 0 Å². The maximum atomic E-state index is 12.9. The first-order valence-corrected chi connectivity index (χ1v) is 10.5. The first-order chi connectivity index (χ1) is 13.7. The van der Waals surface area contributed by atoms with Gasteiger partial charge in [-0.25, -0.2) is 0 Å². The van der Waals surface area contributed by atoms with Crippen molar-refractivity contribution in [3.05, 3.63) is 65.2 Å². The number of likely N-dealkylation sites (tertiary alicyclic amines) is 1. The third-order valence-electron chi connectivity index (χ3n) is 5.39. The van der Waals surface area contributed by atoms with Gasteiger partial charge in [-0.15, -0.1) is 0 Å². The quantitative estimate of drug-likeness (QED) is 0.639. The molecule has 0 radical (unpaired) electrons. The maximum absolute atomic E-state index is 12.9. The SMILES string of the molecule is CCCCOc1ccccc1C(=O)NC[C@@H](c1ccc(C)cc1)N1CCCC1. The highest BCUT2D eigenvalue weighted by Crippen LogP contribution is 2.25. The molecule has 1 heterocycles. The van der Waals surface area contributed by atoms with Crippen molar-refractivity contribution in [1.29, 1.82) is 0 Å². The number of nitrogens with one attached hydrogen (secondary N) is 1. The lowest BCUT2D eigenvalue weighted by molar-refractivity contribution is 0.0933. The second kappa shape index (κ2) is 10.3. The predicted octanol–water partition coefficient (Wildman–Crippen LogP) is 4.74. The second-order valence-electron chi connectivity index (χ2n) is 7.58. The van der Waals surface area contributed by atoms with E-state index in [1.165, 1.54) is 24.0 Å². The molecule has 1 amide bonds. The van der Waals surface area contributed by atoms with E-state index >= 15 is 0 Å². The fourth-order valence-electron chi connectivity index (χ4n) is 3.69. The highest BCUT2D eigenvalue weighted by atomic mass is 16.5. The molecule has 0 saturated carbocycles. The van der Waals surface area contributed by atoms with Gasteiger partial charge in [0, 0.05) is 6.54 Å². The topological polar surface area (TPSA) is 41.6 Å². The third-order valence-corrected chi connectivity index (χ3v) is 5.39. The lowest BCUT2D eigenvalue weighted by Gasteiger charge is -2.28. The Bertz CT molecular complexity index is 751. The van der Waals surface area contributed by atoms with E-state index in [9.17, 15) is 4.79 Å². The number of carbonyl (C=O) groups is 1. The molecule has 0 spiro atoms. The van der Waals surface area contributed by atoms with Crippen molar-refractivity contribution in [2.24, 2.45) is 0 Å². The first kappa shape index (κ1) is 20.4. The molecule has 1 aliphatic heterocycles. The average Bonchev–Trinajstić information content (AvgIpc) is 3.24. The molecule has 0 unspecified atom stereocenters. The van der Waals surface area contributed by atoms with Gasteiger partial charge in [-0.1, -0.05) is 55.3 Å². The van der Waals surface area contributed by atoms with Crippen LogP contribution >= 0.6 is 0 Å². The molecule has 4 heteroatoms. The molecule has 3 rings (SSSR count). The summed E-state index contributed by atoms with van der Waals surface area (Å²) in [6.07, 6.45) is 4.51. The summed E-state index contributed by atoms with van der Waals surface area (Å²) in [7, 11) is 0. The number of carbonyl (C=O) groups excluding carboxylic acids is 1. The van der Waals surface area contributed by atoms with Crippen LogP contribution in [0.3, 0.4) is 0 Å². The molecule has 4 nitrogen and oxygen atoms in total. The number of unbranched alkanes of at least 4 members (excludes halogenated alkanes) is 1. The summed E-state index contributed by atoms with van der Waals surface area (Å²) in [4.78, 5) is 15.4. The number of benzene rings is 2. The number of amides is 1. The number of hydrogen-bond acceptors (Lipinski definition) is 3. The van der Waals surface area contributed by atoms with Crippen LogP contribution < -0.4 is 10.1 Å². The van der Waals surface area contributed by atoms with Crippen LogP contribution in [0.25, 0.3) is 0 Å². The minimum absolute atomic E-state index is 0.0663. The van der Waals surface area contributed by atoms with Crippen LogP contribution in [0.2, 0.25) is 0 Å². The monoisotopic (exact) mass is 380 g/mol. The van der Waals surface area contributed by atoms with E-state index in [1.54, 1.807) is 0 Å². The van der Waals surface area contributed by atoms with Crippen LogP contribution in [0.15, 0.2) is 48.5 Å². The number of aryl methyl sites for hydroxylation is 1. The van der Waals surface area contributed by atoms with Crippen LogP contribution in [-0.4, -0.2) is 37.0 Å². The lowest BCUT2D eigenvalue weighted by Crippen LogP contribution is -2.37. The van der Waals surface area contributed by atoms with Gasteiger partial charge in [0.2, 0.25) is 0 Å². The van der Waals surface area contributed by atoms with E-state index in [0.29, 0.717) is 24.5 Å². The number of rotatable bonds is 9. The molecule has 0 aromatic heterocycles. The zero-order valence-corrected chi connectivity index (χ0v) is 17.1. The van der Waals surface area contributed by atoms with Gasteiger partial charge >= 0.3 is 0 Å². The Balaban J connectivity index is 1.69. The first-order valence-electron chi connectivity index (χ1n) is 10.5. The largest absolute Gasteiger partial charge is 0.493 e. The summed E-state index contributed by atoms with van der Waals surface area (Å²) in [5.74, 6) is 0.602. The van der Waals surface area contributed by atoms with Crippen LogP contribution in [0, 0.1) is 6.92 Å². The van der Waals surface area contributed by atoms with Gasteiger partial charge in [0.15, 0.2) is 0 Å². The molecule has 2 aromatic rings. The normalized spacial score (nSPS) is 15.4. The standard InChI is InChI=1S/C24H32N2O2/c1-3-4-17-28-23-10-6-5-9-21(23)24(27)25-18-22(26-15-7-8-16-26)20-13-11-19(2)12-14-20/h5-6,9-14,22H,3-4,7-8,15-18H2,1-2H3,(H,25,27)/t22-/m0/s1. The Hall–Kier alpha value is -2.33. The molecular weight excluding hydrogens is 348 g/mol. The highest BCUT2D eigenvalue weighted by Gasteiger charge is 2.24. The molecule has 1 N–H and O–H groups in total. The fourth-order valence-corrected chi connectivity index (χ4v) is 3.69. The van der Waals surface area contributed by atoms with E-state index < -0.39 is 0 Å². The molecule has 1 saturated heterocycles.